The Hall–Kier alpha value is -2.89. The van der Waals surface area contributed by atoms with Crippen molar-refractivity contribution >= 4 is 17.5 Å². The van der Waals surface area contributed by atoms with Crippen LogP contribution in [-0.2, 0) is 16.1 Å². The van der Waals surface area contributed by atoms with E-state index in [1.165, 1.54) is 19.1 Å². The lowest BCUT2D eigenvalue weighted by molar-refractivity contribution is -0.140. The van der Waals surface area contributed by atoms with E-state index in [0.29, 0.717) is 32.7 Å². The Balaban J connectivity index is 1.55. The number of halogens is 1. The predicted molar refractivity (Wildman–Crippen MR) is 107 cm³/mol. The van der Waals surface area contributed by atoms with Crippen LogP contribution in [0.3, 0.4) is 0 Å². The first-order valence-corrected chi connectivity index (χ1v) is 9.52. The van der Waals surface area contributed by atoms with Crippen LogP contribution in [-0.4, -0.2) is 54.3 Å². The minimum absolute atomic E-state index is 0.0407. The third-order valence-electron chi connectivity index (χ3n) is 5.09. The van der Waals surface area contributed by atoms with Crippen LogP contribution in [0, 0.1) is 12.7 Å². The van der Waals surface area contributed by atoms with Crippen molar-refractivity contribution in [2.75, 3.05) is 37.6 Å². The fourth-order valence-electron chi connectivity index (χ4n) is 3.32. The maximum Gasteiger partial charge on any atom is 0.242 e. The van der Waals surface area contributed by atoms with E-state index in [9.17, 15) is 14.0 Å². The molecule has 0 aliphatic carbocycles. The average molecular weight is 383 g/mol. The summed E-state index contributed by atoms with van der Waals surface area (Å²) in [5.41, 5.74) is 3.13. The molecule has 1 heterocycles. The number of rotatable bonds is 5. The Bertz CT molecular complexity index is 813. The van der Waals surface area contributed by atoms with Gasteiger partial charge in [-0.15, -0.1) is 0 Å². The van der Waals surface area contributed by atoms with E-state index in [0.717, 1.165) is 16.8 Å². The summed E-state index contributed by atoms with van der Waals surface area (Å²) in [5.74, 6) is -0.407. The predicted octanol–water partition coefficient (Wildman–Crippen LogP) is 2.83. The molecule has 3 rings (SSSR count). The highest BCUT2D eigenvalue weighted by molar-refractivity contribution is 5.84. The number of carbonyl (C=O) groups excluding carboxylic acids is 2. The van der Waals surface area contributed by atoms with Gasteiger partial charge < -0.3 is 14.7 Å². The second-order valence-corrected chi connectivity index (χ2v) is 7.20. The van der Waals surface area contributed by atoms with E-state index < -0.39 is 0 Å². The lowest BCUT2D eigenvalue weighted by Crippen LogP contribution is -2.51. The highest BCUT2D eigenvalue weighted by atomic mass is 19.1. The molecule has 1 aliphatic heterocycles. The summed E-state index contributed by atoms with van der Waals surface area (Å²) < 4.78 is 13.1. The molecule has 2 aromatic carbocycles. The van der Waals surface area contributed by atoms with Gasteiger partial charge in [-0.2, -0.15) is 0 Å². The Morgan fingerprint density at radius 3 is 2.14 bits per heavy atom. The molecular formula is C22H26FN3O2. The molecule has 0 atom stereocenters. The van der Waals surface area contributed by atoms with Crippen LogP contribution < -0.4 is 4.90 Å². The minimum atomic E-state index is -0.254. The van der Waals surface area contributed by atoms with E-state index in [2.05, 4.69) is 4.90 Å². The van der Waals surface area contributed by atoms with Gasteiger partial charge >= 0.3 is 0 Å². The molecule has 1 saturated heterocycles. The zero-order valence-corrected chi connectivity index (χ0v) is 16.4. The number of benzene rings is 2. The second-order valence-electron chi connectivity index (χ2n) is 7.20. The van der Waals surface area contributed by atoms with E-state index in [1.54, 1.807) is 21.9 Å². The second kappa shape index (κ2) is 8.87. The highest BCUT2D eigenvalue weighted by Crippen LogP contribution is 2.17. The zero-order chi connectivity index (χ0) is 20.1. The molecule has 148 valence electrons. The number of amides is 2. The van der Waals surface area contributed by atoms with Crippen LogP contribution in [0.25, 0.3) is 0 Å². The summed E-state index contributed by atoms with van der Waals surface area (Å²) in [6, 6.07) is 14.4. The molecule has 2 amide bonds. The van der Waals surface area contributed by atoms with Gasteiger partial charge in [0, 0.05) is 45.3 Å². The van der Waals surface area contributed by atoms with Crippen LogP contribution in [0.1, 0.15) is 18.1 Å². The van der Waals surface area contributed by atoms with Crippen molar-refractivity contribution in [3.05, 3.63) is 65.5 Å². The van der Waals surface area contributed by atoms with Crippen LogP contribution in [0.15, 0.2) is 48.5 Å². The summed E-state index contributed by atoms with van der Waals surface area (Å²) in [6.07, 6.45) is 0. The van der Waals surface area contributed by atoms with Crippen molar-refractivity contribution < 1.29 is 14.0 Å². The molecule has 28 heavy (non-hydrogen) atoms. The molecule has 0 bridgehead atoms. The standard InChI is InChI=1S/C22H26FN3O2/c1-17-3-5-19(6-4-17)15-26(18(2)27)16-22(28)25-13-11-24(12-14-25)21-9-7-20(23)8-10-21/h3-10H,11-16H2,1-2H3. The van der Waals surface area contributed by atoms with Gasteiger partial charge in [-0.05, 0) is 36.8 Å². The van der Waals surface area contributed by atoms with Gasteiger partial charge in [-0.25, -0.2) is 4.39 Å². The first-order valence-electron chi connectivity index (χ1n) is 9.52. The summed E-state index contributed by atoms with van der Waals surface area (Å²) in [6.45, 7) is 6.58. The molecular weight excluding hydrogens is 357 g/mol. The molecule has 2 aromatic rings. The number of aryl methyl sites for hydroxylation is 1. The quantitative estimate of drug-likeness (QED) is 0.798. The fraction of sp³-hybridized carbons (Fsp3) is 0.364. The van der Waals surface area contributed by atoms with Gasteiger partial charge in [0.05, 0.1) is 0 Å². The molecule has 6 heteroatoms. The first-order chi connectivity index (χ1) is 13.4. The Morgan fingerprint density at radius 1 is 0.964 bits per heavy atom. The molecule has 0 spiro atoms. The smallest absolute Gasteiger partial charge is 0.242 e. The Kier molecular flexibility index (Phi) is 6.29. The number of hydrogen-bond acceptors (Lipinski definition) is 3. The number of anilines is 1. The number of carbonyl (C=O) groups is 2. The molecule has 0 saturated carbocycles. The van der Waals surface area contributed by atoms with Gasteiger partial charge in [0.15, 0.2) is 0 Å². The van der Waals surface area contributed by atoms with Crippen LogP contribution >= 0.6 is 0 Å². The third kappa shape index (κ3) is 5.09. The SMILES string of the molecule is CC(=O)N(CC(=O)N1CCN(c2ccc(F)cc2)CC1)Cc1ccc(C)cc1. The molecule has 0 unspecified atom stereocenters. The van der Waals surface area contributed by atoms with E-state index in [4.69, 9.17) is 0 Å². The monoisotopic (exact) mass is 383 g/mol. The van der Waals surface area contributed by atoms with Crippen molar-refractivity contribution in [3.8, 4) is 0 Å². The van der Waals surface area contributed by atoms with Crippen molar-refractivity contribution in [2.24, 2.45) is 0 Å². The van der Waals surface area contributed by atoms with E-state index >= 15 is 0 Å². The van der Waals surface area contributed by atoms with Crippen LogP contribution in [0.5, 0.6) is 0 Å². The van der Waals surface area contributed by atoms with Crippen molar-refractivity contribution in [2.45, 2.75) is 20.4 Å². The molecule has 0 radical (unpaired) electrons. The molecule has 1 fully saturated rings. The van der Waals surface area contributed by atoms with E-state index in [1.807, 2.05) is 31.2 Å². The Labute approximate surface area is 165 Å². The lowest BCUT2D eigenvalue weighted by Gasteiger charge is -2.37. The Morgan fingerprint density at radius 2 is 1.57 bits per heavy atom. The largest absolute Gasteiger partial charge is 0.368 e. The average Bonchev–Trinajstić information content (AvgIpc) is 2.69. The molecule has 1 aliphatic rings. The summed E-state index contributed by atoms with van der Waals surface area (Å²) >= 11 is 0. The molecule has 5 nitrogen and oxygen atoms in total. The number of nitrogens with zero attached hydrogens (tertiary/aromatic N) is 3. The van der Waals surface area contributed by atoms with Crippen molar-refractivity contribution in [3.63, 3.8) is 0 Å². The van der Waals surface area contributed by atoms with Crippen molar-refractivity contribution in [1.82, 2.24) is 9.80 Å². The summed E-state index contributed by atoms with van der Waals surface area (Å²) in [5, 5.41) is 0. The van der Waals surface area contributed by atoms with Gasteiger partial charge in [0.2, 0.25) is 11.8 Å². The van der Waals surface area contributed by atoms with E-state index in [-0.39, 0.29) is 24.2 Å². The summed E-state index contributed by atoms with van der Waals surface area (Å²) in [7, 11) is 0. The zero-order valence-electron chi connectivity index (χ0n) is 16.4. The van der Waals surface area contributed by atoms with Gasteiger partial charge in [-0.1, -0.05) is 29.8 Å². The summed E-state index contributed by atoms with van der Waals surface area (Å²) in [4.78, 5) is 30.2. The minimum Gasteiger partial charge on any atom is -0.368 e. The van der Waals surface area contributed by atoms with Crippen molar-refractivity contribution in [1.29, 1.82) is 0 Å². The maximum atomic E-state index is 13.1. The van der Waals surface area contributed by atoms with Crippen LogP contribution in [0.2, 0.25) is 0 Å². The first kappa shape index (κ1) is 19.9. The van der Waals surface area contributed by atoms with Gasteiger partial charge in [0.1, 0.15) is 12.4 Å². The fourth-order valence-corrected chi connectivity index (χ4v) is 3.32. The van der Waals surface area contributed by atoms with Gasteiger partial charge in [0.25, 0.3) is 0 Å². The maximum absolute atomic E-state index is 13.1. The number of piperazine rings is 1. The topological polar surface area (TPSA) is 43.9 Å². The molecule has 0 N–H and O–H groups in total. The highest BCUT2D eigenvalue weighted by Gasteiger charge is 2.24. The lowest BCUT2D eigenvalue weighted by atomic mass is 10.1. The molecule has 0 aromatic heterocycles. The third-order valence-corrected chi connectivity index (χ3v) is 5.09. The normalized spacial score (nSPS) is 14.1. The van der Waals surface area contributed by atoms with Gasteiger partial charge in [-0.3, -0.25) is 9.59 Å². The number of hydrogen-bond donors (Lipinski definition) is 0. The van der Waals surface area contributed by atoms with Crippen LogP contribution in [0.4, 0.5) is 10.1 Å².